The Hall–Kier alpha value is -2.86. The van der Waals surface area contributed by atoms with E-state index in [1.165, 1.54) is 0 Å². The molecular weight excluding hydrogens is 332 g/mol. The zero-order chi connectivity index (χ0) is 18.8. The monoisotopic (exact) mass is 356 g/mol. The van der Waals surface area contributed by atoms with Gasteiger partial charge in [-0.3, -0.25) is 4.79 Å². The van der Waals surface area contributed by atoms with Crippen molar-refractivity contribution in [3.05, 3.63) is 71.3 Å². The lowest BCUT2D eigenvalue weighted by Crippen LogP contribution is -2.43. The van der Waals surface area contributed by atoms with Gasteiger partial charge in [0.05, 0.1) is 6.61 Å². The fourth-order valence-corrected chi connectivity index (χ4v) is 2.68. The maximum Gasteiger partial charge on any atom is 0.315 e. The summed E-state index contributed by atoms with van der Waals surface area (Å²) >= 11 is 0. The van der Waals surface area contributed by atoms with Crippen molar-refractivity contribution in [2.24, 2.45) is 0 Å². The van der Waals surface area contributed by atoms with Crippen LogP contribution in [0.1, 0.15) is 29.5 Å². The van der Waals surface area contributed by atoms with Crippen LogP contribution in [0.2, 0.25) is 0 Å². The Bertz CT molecular complexity index is 719. The minimum Gasteiger partial charge on any atom is -0.481 e. The Balaban J connectivity index is 1.90. The molecule has 0 aliphatic rings. The van der Waals surface area contributed by atoms with Crippen LogP contribution in [0.4, 0.5) is 4.79 Å². The topological polar surface area (TPSA) is 98.7 Å². The highest BCUT2D eigenvalue weighted by molar-refractivity contribution is 5.74. The number of aliphatic hydroxyl groups is 1. The summed E-state index contributed by atoms with van der Waals surface area (Å²) in [6.07, 6.45) is 0.926. The smallest absolute Gasteiger partial charge is 0.315 e. The number of aliphatic carboxylic acids is 1. The van der Waals surface area contributed by atoms with Gasteiger partial charge in [0.15, 0.2) is 0 Å². The normalized spacial score (nSPS) is 11.6. The van der Waals surface area contributed by atoms with Gasteiger partial charge < -0.3 is 20.8 Å². The molecule has 0 aliphatic carbocycles. The molecule has 138 valence electrons. The third-order valence-corrected chi connectivity index (χ3v) is 3.99. The van der Waals surface area contributed by atoms with Gasteiger partial charge in [-0.2, -0.15) is 0 Å². The lowest BCUT2D eigenvalue weighted by molar-refractivity contribution is -0.137. The minimum absolute atomic E-state index is 0.00365. The Morgan fingerprint density at radius 2 is 1.65 bits per heavy atom. The lowest BCUT2D eigenvalue weighted by Gasteiger charge is -2.19. The van der Waals surface area contributed by atoms with Crippen LogP contribution in [0.15, 0.2) is 54.6 Å². The second-order valence-corrected chi connectivity index (χ2v) is 6.12. The van der Waals surface area contributed by atoms with Gasteiger partial charge in [0.2, 0.25) is 0 Å². The van der Waals surface area contributed by atoms with Gasteiger partial charge in [0.25, 0.3) is 0 Å². The predicted octanol–water partition coefficient (Wildman–Crippen LogP) is 2.45. The molecule has 0 radical (unpaired) electrons. The first-order valence-corrected chi connectivity index (χ1v) is 8.55. The van der Waals surface area contributed by atoms with Gasteiger partial charge in [-0.15, -0.1) is 0 Å². The molecule has 0 aromatic heterocycles. The average molecular weight is 356 g/mol. The van der Waals surface area contributed by atoms with Crippen molar-refractivity contribution in [2.45, 2.75) is 38.5 Å². The van der Waals surface area contributed by atoms with E-state index in [0.29, 0.717) is 19.4 Å². The average Bonchev–Trinajstić information content (AvgIpc) is 2.65. The van der Waals surface area contributed by atoms with Crippen molar-refractivity contribution in [1.29, 1.82) is 0 Å². The molecule has 2 rings (SSSR count). The van der Waals surface area contributed by atoms with Crippen molar-refractivity contribution in [2.75, 3.05) is 0 Å². The predicted molar refractivity (Wildman–Crippen MR) is 98.5 cm³/mol. The summed E-state index contributed by atoms with van der Waals surface area (Å²) in [6, 6.07) is 16.4. The van der Waals surface area contributed by atoms with Gasteiger partial charge in [0.1, 0.15) is 0 Å². The van der Waals surface area contributed by atoms with Crippen LogP contribution in [-0.2, 0) is 24.4 Å². The maximum atomic E-state index is 12.2. The Labute approximate surface area is 152 Å². The number of benzene rings is 2. The molecule has 2 aromatic carbocycles. The van der Waals surface area contributed by atoms with Crippen LogP contribution in [0.3, 0.4) is 0 Å². The summed E-state index contributed by atoms with van der Waals surface area (Å²) in [5.41, 5.74) is 2.71. The van der Waals surface area contributed by atoms with Gasteiger partial charge >= 0.3 is 12.0 Å². The number of rotatable bonds is 9. The highest BCUT2D eigenvalue weighted by atomic mass is 16.4. The van der Waals surface area contributed by atoms with Crippen LogP contribution in [0, 0.1) is 0 Å². The van der Waals surface area contributed by atoms with Crippen molar-refractivity contribution in [3.8, 4) is 0 Å². The summed E-state index contributed by atoms with van der Waals surface area (Å²) in [6.45, 7) is 0.283. The number of hydrogen-bond donors (Lipinski definition) is 4. The summed E-state index contributed by atoms with van der Waals surface area (Å²) < 4.78 is 0. The second-order valence-electron chi connectivity index (χ2n) is 6.12. The van der Waals surface area contributed by atoms with E-state index in [-0.39, 0.29) is 25.1 Å². The first-order valence-electron chi connectivity index (χ1n) is 8.55. The molecule has 0 fully saturated rings. The number of carbonyl (C=O) groups is 2. The highest BCUT2D eigenvalue weighted by Gasteiger charge is 2.14. The number of carboxylic acids is 1. The van der Waals surface area contributed by atoms with Crippen LogP contribution in [-0.4, -0.2) is 28.3 Å². The number of nitrogens with one attached hydrogen (secondary N) is 2. The fourth-order valence-electron chi connectivity index (χ4n) is 2.68. The number of amides is 2. The summed E-state index contributed by atoms with van der Waals surface area (Å²) in [5.74, 6) is -0.883. The zero-order valence-electron chi connectivity index (χ0n) is 14.5. The molecule has 1 atom stereocenters. The Morgan fingerprint density at radius 3 is 2.35 bits per heavy atom. The van der Waals surface area contributed by atoms with E-state index in [2.05, 4.69) is 10.6 Å². The molecule has 0 saturated heterocycles. The largest absolute Gasteiger partial charge is 0.481 e. The molecule has 0 spiro atoms. The highest BCUT2D eigenvalue weighted by Crippen LogP contribution is 2.08. The third kappa shape index (κ3) is 6.94. The maximum absolute atomic E-state index is 12.2. The van der Waals surface area contributed by atoms with Gasteiger partial charge in [-0.1, -0.05) is 54.6 Å². The Kier molecular flexibility index (Phi) is 7.64. The van der Waals surface area contributed by atoms with Gasteiger partial charge in [-0.05, 0) is 29.5 Å². The van der Waals surface area contributed by atoms with Crippen LogP contribution < -0.4 is 10.6 Å². The minimum atomic E-state index is -0.883. The zero-order valence-corrected chi connectivity index (χ0v) is 14.5. The lowest BCUT2D eigenvalue weighted by atomic mass is 10.0. The molecular formula is C20H24N2O4. The van der Waals surface area contributed by atoms with Crippen LogP contribution in [0.25, 0.3) is 0 Å². The molecule has 26 heavy (non-hydrogen) atoms. The molecule has 0 saturated carbocycles. The van der Waals surface area contributed by atoms with Gasteiger partial charge in [0, 0.05) is 19.0 Å². The van der Waals surface area contributed by atoms with E-state index in [0.717, 1.165) is 16.7 Å². The first-order chi connectivity index (χ1) is 12.6. The third-order valence-electron chi connectivity index (χ3n) is 3.99. The molecule has 0 heterocycles. The number of aliphatic hydroxyl groups excluding tert-OH is 1. The number of carbonyl (C=O) groups excluding carboxylic acids is 1. The molecule has 2 amide bonds. The van der Waals surface area contributed by atoms with E-state index >= 15 is 0 Å². The summed E-state index contributed by atoms with van der Waals surface area (Å²) in [7, 11) is 0. The molecule has 2 aromatic rings. The van der Waals surface area contributed by atoms with E-state index in [1.807, 2.05) is 54.6 Å². The summed E-state index contributed by atoms with van der Waals surface area (Å²) in [5, 5.41) is 23.7. The van der Waals surface area contributed by atoms with E-state index in [1.54, 1.807) is 0 Å². The van der Waals surface area contributed by atoms with Crippen LogP contribution in [0.5, 0.6) is 0 Å². The van der Waals surface area contributed by atoms with Crippen molar-refractivity contribution in [3.63, 3.8) is 0 Å². The number of hydrogen-bond acceptors (Lipinski definition) is 3. The molecule has 6 heteroatoms. The van der Waals surface area contributed by atoms with Crippen molar-refractivity contribution in [1.82, 2.24) is 10.6 Å². The molecule has 6 nitrogen and oxygen atoms in total. The molecule has 0 bridgehead atoms. The van der Waals surface area contributed by atoms with Crippen LogP contribution >= 0.6 is 0 Å². The fraction of sp³-hybridized carbons (Fsp3) is 0.300. The molecule has 4 N–H and O–H groups in total. The number of carboxylic acid groups (broad SMARTS) is 1. The summed E-state index contributed by atoms with van der Waals surface area (Å²) in [4.78, 5) is 23.1. The Morgan fingerprint density at radius 1 is 0.962 bits per heavy atom. The standard InChI is InChI=1S/C20H24N2O4/c23-14-17-8-4-7-16(11-17)13-21-20(26)22-18(9-10-19(24)25)12-15-5-2-1-3-6-15/h1-8,11,18,23H,9-10,12-14H2,(H,24,25)(H2,21,22,26). The first kappa shape index (κ1) is 19.5. The van der Waals surface area contributed by atoms with E-state index in [4.69, 9.17) is 10.2 Å². The van der Waals surface area contributed by atoms with E-state index < -0.39 is 5.97 Å². The quantitative estimate of drug-likeness (QED) is 0.555. The SMILES string of the molecule is O=C(O)CCC(Cc1ccccc1)NC(=O)NCc1cccc(CO)c1. The number of urea groups is 1. The van der Waals surface area contributed by atoms with Crippen molar-refractivity contribution >= 4 is 12.0 Å². The second kappa shape index (κ2) is 10.2. The van der Waals surface area contributed by atoms with E-state index in [9.17, 15) is 9.59 Å². The molecule has 1 unspecified atom stereocenters. The van der Waals surface area contributed by atoms with Crippen molar-refractivity contribution < 1.29 is 19.8 Å². The molecule has 0 aliphatic heterocycles. The van der Waals surface area contributed by atoms with Gasteiger partial charge in [-0.25, -0.2) is 4.79 Å².